The van der Waals surface area contributed by atoms with Gasteiger partial charge in [-0.2, -0.15) is 0 Å². The molecule has 0 atom stereocenters. The minimum Gasteiger partial charge on any atom is -0.302 e. The third-order valence-corrected chi connectivity index (χ3v) is 5.52. The SMILES string of the molecule is CCn1c(=O)n(CCC(=O)Nc2nc(-c3cc(F)ccc3F)cs2)c2ccccc21. The van der Waals surface area contributed by atoms with E-state index in [0.29, 0.717) is 6.54 Å². The van der Waals surface area contributed by atoms with Crippen molar-refractivity contribution in [3.8, 4) is 11.3 Å². The van der Waals surface area contributed by atoms with Crippen LogP contribution < -0.4 is 11.0 Å². The van der Waals surface area contributed by atoms with Crippen molar-refractivity contribution >= 4 is 33.4 Å². The molecule has 1 amide bonds. The molecule has 0 saturated carbocycles. The third kappa shape index (κ3) is 3.76. The van der Waals surface area contributed by atoms with Gasteiger partial charge in [-0.3, -0.25) is 13.9 Å². The van der Waals surface area contributed by atoms with Gasteiger partial charge < -0.3 is 5.32 Å². The van der Waals surface area contributed by atoms with Crippen LogP contribution in [0.15, 0.2) is 52.6 Å². The average Bonchev–Trinajstić information content (AvgIpc) is 3.30. The van der Waals surface area contributed by atoms with Crippen LogP contribution in [0.1, 0.15) is 13.3 Å². The molecule has 0 aliphatic heterocycles. The van der Waals surface area contributed by atoms with Crippen LogP contribution in [0, 0.1) is 11.6 Å². The van der Waals surface area contributed by atoms with Gasteiger partial charge in [0.15, 0.2) is 5.13 Å². The molecule has 0 saturated heterocycles. The first-order chi connectivity index (χ1) is 14.5. The molecular weight excluding hydrogens is 410 g/mol. The fraction of sp³-hybridized carbons (Fsp3) is 0.190. The van der Waals surface area contributed by atoms with Crippen molar-refractivity contribution in [2.75, 3.05) is 5.32 Å². The molecule has 2 heterocycles. The van der Waals surface area contributed by atoms with E-state index in [1.807, 2.05) is 31.2 Å². The van der Waals surface area contributed by atoms with Crippen molar-refractivity contribution in [3.63, 3.8) is 0 Å². The minimum absolute atomic E-state index is 0.0330. The van der Waals surface area contributed by atoms with E-state index in [2.05, 4.69) is 10.3 Å². The lowest BCUT2D eigenvalue weighted by Gasteiger charge is -2.04. The predicted octanol–water partition coefficient (Wildman–Crippen LogP) is 4.25. The number of rotatable bonds is 6. The van der Waals surface area contributed by atoms with Gasteiger partial charge in [0.2, 0.25) is 5.91 Å². The third-order valence-electron chi connectivity index (χ3n) is 4.76. The van der Waals surface area contributed by atoms with Crippen LogP contribution in [0.25, 0.3) is 22.3 Å². The zero-order valence-electron chi connectivity index (χ0n) is 16.1. The number of halogens is 2. The first kappa shape index (κ1) is 20.0. The monoisotopic (exact) mass is 428 g/mol. The molecule has 154 valence electrons. The predicted molar refractivity (Wildman–Crippen MR) is 113 cm³/mol. The molecule has 9 heteroatoms. The molecule has 4 aromatic rings. The zero-order chi connectivity index (χ0) is 21.3. The number of imidazole rings is 1. The van der Waals surface area contributed by atoms with Crippen molar-refractivity contribution in [2.45, 2.75) is 26.4 Å². The summed E-state index contributed by atoms with van der Waals surface area (Å²) < 4.78 is 30.5. The van der Waals surface area contributed by atoms with E-state index < -0.39 is 11.6 Å². The van der Waals surface area contributed by atoms with Gasteiger partial charge in [0.05, 0.1) is 16.7 Å². The number of aromatic nitrogens is 3. The maximum absolute atomic E-state index is 13.9. The molecule has 0 bridgehead atoms. The summed E-state index contributed by atoms with van der Waals surface area (Å²) in [5.74, 6) is -1.48. The number of hydrogen-bond acceptors (Lipinski definition) is 4. The first-order valence-corrected chi connectivity index (χ1v) is 10.2. The number of fused-ring (bicyclic) bond motifs is 1. The van der Waals surface area contributed by atoms with Gasteiger partial charge in [-0.25, -0.2) is 18.6 Å². The number of anilines is 1. The molecule has 2 aromatic heterocycles. The number of hydrogen-bond donors (Lipinski definition) is 1. The van der Waals surface area contributed by atoms with Crippen LogP contribution in [-0.4, -0.2) is 20.0 Å². The number of carbonyl (C=O) groups is 1. The zero-order valence-corrected chi connectivity index (χ0v) is 16.9. The maximum Gasteiger partial charge on any atom is 0.329 e. The molecule has 1 N–H and O–H groups in total. The Morgan fingerprint density at radius 1 is 1.13 bits per heavy atom. The molecule has 2 aromatic carbocycles. The van der Waals surface area contributed by atoms with Crippen molar-refractivity contribution in [3.05, 3.63) is 70.0 Å². The smallest absolute Gasteiger partial charge is 0.302 e. The highest BCUT2D eigenvalue weighted by molar-refractivity contribution is 7.14. The molecule has 0 aliphatic rings. The van der Waals surface area contributed by atoms with Crippen LogP contribution in [0.4, 0.5) is 13.9 Å². The van der Waals surface area contributed by atoms with Gasteiger partial charge in [-0.15, -0.1) is 11.3 Å². The lowest BCUT2D eigenvalue weighted by atomic mass is 10.1. The fourth-order valence-electron chi connectivity index (χ4n) is 3.34. The number of nitrogens with zero attached hydrogens (tertiary/aromatic N) is 3. The molecule has 0 radical (unpaired) electrons. The summed E-state index contributed by atoms with van der Waals surface area (Å²) in [7, 11) is 0. The van der Waals surface area contributed by atoms with Crippen LogP contribution in [0.3, 0.4) is 0 Å². The second-order valence-corrected chi connectivity index (χ2v) is 7.49. The van der Waals surface area contributed by atoms with Gasteiger partial charge in [-0.1, -0.05) is 12.1 Å². The van der Waals surface area contributed by atoms with Crippen molar-refractivity contribution in [2.24, 2.45) is 0 Å². The fourth-order valence-corrected chi connectivity index (χ4v) is 4.06. The summed E-state index contributed by atoms with van der Waals surface area (Å²) >= 11 is 1.12. The second-order valence-electron chi connectivity index (χ2n) is 6.63. The van der Waals surface area contributed by atoms with E-state index in [-0.39, 0.29) is 41.0 Å². The summed E-state index contributed by atoms with van der Waals surface area (Å²) in [4.78, 5) is 29.2. The van der Waals surface area contributed by atoms with Crippen LogP contribution in [-0.2, 0) is 17.9 Å². The Balaban J connectivity index is 1.47. The Hall–Kier alpha value is -3.33. The normalized spacial score (nSPS) is 11.2. The Bertz CT molecular complexity index is 1290. The van der Waals surface area contributed by atoms with Crippen LogP contribution in [0.2, 0.25) is 0 Å². The lowest BCUT2D eigenvalue weighted by Crippen LogP contribution is -2.25. The Morgan fingerprint density at radius 3 is 2.60 bits per heavy atom. The molecule has 0 spiro atoms. The number of benzene rings is 2. The van der Waals surface area contributed by atoms with Gasteiger partial charge in [0.25, 0.3) is 0 Å². The molecule has 4 rings (SSSR count). The minimum atomic E-state index is -0.591. The van der Waals surface area contributed by atoms with E-state index in [0.717, 1.165) is 40.6 Å². The molecule has 0 unspecified atom stereocenters. The van der Waals surface area contributed by atoms with Crippen molar-refractivity contribution in [1.82, 2.24) is 14.1 Å². The molecule has 0 fully saturated rings. The first-order valence-electron chi connectivity index (χ1n) is 9.36. The van der Waals surface area contributed by atoms with Gasteiger partial charge in [0.1, 0.15) is 11.6 Å². The van der Waals surface area contributed by atoms with Crippen molar-refractivity contribution < 1.29 is 13.6 Å². The maximum atomic E-state index is 13.9. The van der Waals surface area contributed by atoms with E-state index in [1.54, 1.807) is 14.5 Å². The van der Waals surface area contributed by atoms with Crippen LogP contribution in [0.5, 0.6) is 0 Å². The Kier molecular flexibility index (Phi) is 5.45. The number of thiazole rings is 1. The number of carbonyl (C=O) groups excluding carboxylic acids is 1. The van der Waals surface area contributed by atoms with Gasteiger partial charge in [0, 0.05) is 30.5 Å². The molecule has 6 nitrogen and oxygen atoms in total. The van der Waals surface area contributed by atoms with E-state index in [1.165, 1.54) is 0 Å². The van der Waals surface area contributed by atoms with Crippen molar-refractivity contribution in [1.29, 1.82) is 0 Å². The summed E-state index contributed by atoms with van der Waals surface area (Å²) in [6.45, 7) is 2.65. The Labute approximate surface area is 174 Å². The highest BCUT2D eigenvalue weighted by atomic mass is 32.1. The number of aryl methyl sites for hydroxylation is 2. The van der Waals surface area contributed by atoms with Gasteiger partial charge in [-0.05, 0) is 37.3 Å². The lowest BCUT2D eigenvalue weighted by molar-refractivity contribution is -0.116. The summed E-state index contributed by atoms with van der Waals surface area (Å²) in [6.07, 6.45) is 0.0703. The summed E-state index contributed by atoms with van der Waals surface area (Å²) in [5, 5.41) is 4.48. The quantitative estimate of drug-likeness (QED) is 0.499. The Morgan fingerprint density at radius 2 is 1.87 bits per heavy atom. The average molecular weight is 428 g/mol. The largest absolute Gasteiger partial charge is 0.329 e. The van der Waals surface area contributed by atoms with E-state index >= 15 is 0 Å². The second kappa shape index (κ2) is 8.19. The summed E-state index contributed by atoms with van der Waals surface area (Å²) in [6, 6.07) is 10.6. The standard InChI is InChI=1S/C21H18F2N4O2S/c1-2-26-17-5-3-4-6-18(17)27(21(26)29)10-9-19(28)25-20-24-16(12-30-20)14-11-13(22)7-8-15(14)23/h3-8,11-12H,2,9-10H2,1H3,(H,24,25,28). The molecule has 0 aliphatic carbocycles. The van der Waals surface area contributed by atoms with Crippen LogP contribution >= 0.6 is 11.3 Å². The molecular formula is C21H18F2N4O2S. The number of nitrogens with one attached hydrogen (secondary N) is 1. The van der Waals surface area contributed by atoms with Gasteiger partial charge >= 0.3 is 5.69 Å². The highest BCUT2D eigenvalue weighted by Gasteiger charge is 2.15. The molecule has 30 heavy (non-hydrogen) atoms. The topological polar surface area (TPSA) is 68.9 Å². The summed E-state index contributed by atoms with van der Waals surface area (Å²) in [5.41, 5.74) is 1.71. The number of para-hydroxylation sites is 2. The van der Waals surface area contributed by atoms with E-state index in [9.17, 15) is 18.4 Å². The number of amides is 1. The van der Waals surface area contributed by atoms with E-state index in [4.69, 9.17) is 0 Å². The highest BCUT2D eigenvalue weighted by Crippen LogP contribution is 2.27.